The van der Waals surface area contributed by atoms with Crippen molar-refractivity contribution in [1.82, 2.24) is 19.4 Å². The highest BCUT2D eigenvalue weighted by atomic mass is 35.5. The van der Waals surface area contributed by atoms with Gasteiger partial charge in [0.2, 0.25) is 21.8 Å². The molecule has 0 saturated carbocycles. The summed E-state index contributed by atoms with van der Waals surface area (Å²) in [5.74, 6) is 1.04. The van der Waals surface area contributed by atoms with Crippen LogP contribution in [0.3, 0.4) is 0 Å². The maximum atomic E-state index is 12.8. The molecule has 0 atom stereocenters. The molecule has 130 valence electrons. The minimum atomic E-state index is -3.72. The van der Waals surface area contributed by atoms with Crippen LogP contribution in [0.2, 0.25) is 10.0 Å². The molecule has 24 heavy (non-hydrogen) atoms. The molecule has 7 nitrogen and oxygen atoms in total. The van der Waals surface area contributed by atoms with Crippen molar-refractivity contribution in [1.29, 1.82) is 0 Å². The Morgan fingerprint density at radius 3 is 2.29 bits per heavy atom. The van der Waals surface area contributed by atoms with E-state index in [0.29, 0.717) is 44.5 Å². The fourth-order valence-corrected chi connectivity index (χ4v) is 5.09. The van der Waals surface area contributed by atoms with Crippen molar-refractivity contribution >= 4 is 33.2 Å². The Kier molecular flexibility index (Phi) is 5.12. The maximum Gasteiger partial charge on any atom is 0.246 e. The molecule has 0 aliphatic carbocycles. The predicted molar refractivity (Wildman–Crippen MR) is 89.5 cm³/mol. The Hall–Kier alpha value is -1.19. The summed E-state index contributed by atoms with van der Waals surface area (Å²) in [6.07, 6.45) is 0. The second-order valence-electron chi connectivity index (χ2n) is 5.45. The van der Waals surface area contributed by atoms with Crippen LogP contribution in [0.4, 0.5) is 0 Å². The van der Waals surface area contributed by atoms with Crippen LogP contribution in [0.5, 0.6) is 0 Å². The molecule has 2 aromatic rings. The third-order valence-electron chi connectivity index (χ3n) is 3.77. The van der Waals surface area contributed by atoms with Gasteiger partial charge < -0.3 is 4.42 Å². The van der Waals surface area contributed by atoms with Gasteiger partial charge in [-0.05, 0) is 12.1 Å². The standard InChI is InChI=1S/C14H16Cl2N4O3S/c1-10-17-18-13(23-10)9-19-5-7-20(8-6-19)24(21,22)14-11(15)3-2-4-12(14)16/h2-4H,5-9H2,1H3. The van der Waals surface area contributed by atoms with E-state index in [1.54, 1.807) is 13.0 Å². The van der Waals surface area contributed by atoms with Gasteiger partial charge in [0.15, 0.2) is 0 Å². The Morgan fingerprint density at radius 1 is 1.12 bits per heavy atom. The van der Waals surface area contributed by atoms with E-state index in [1.165, 1.54) is 16.4 Å². The second-order valence-corrected chi connectivity index (χ2v) is 8.14. The Balaban J connectivity index is 1.69. The highest BCUT2D eigenvalue weighted by Gasteiger charge is 2.32. The van der Waals surface area contributed by atoms with Crippen molar-refractivity contribution in [2.24, 2.45) is 0 Å². The van der Waals surface area contributed by atoms with Gasteiger partial charge in [0.05, 0.1) is 16.6 Å². The molecule has 0 unspecified atom stereocenters. The van der Waals surface area contributed by atoms with Gasteiger partial charge in [-0.1, -0.05) is 29.3 Å². The minimum absolute atomic E-state index is 0.0330. The van der Waals surface area contributed by atoms with E-state index in [-0.39, 0.29) is 14.9 Å². The van der Waals surface area contributed by atoms with Crippen LogP contribution in [0.1, 0.15) is 11.8 Å². The number of benzene rings is 1. The fourth-order valence-electron chi connectivity index (χ4n) is 2.58. The zero-order valence-corrected chi connectivity index (χ0v) is 15.3. The summed E-state index contributed by atoms with van der Waals surface area (Å²) in [6, 6.07) is 4.66. The van der Waals surface area contributed by atoms with Gasteiger partial charge in [0.25, 0.3) is 0 Å². The average molecular weight is 391 g/mol. The summed E-state index contributed by atoms with van der Waals surface area (Å²) in [6.45, 7) is 4.04. The van der Waals surface area contributed by atoms with Crippen LogP contribution in [0.15, 0.2) is 27.5 Å². The summed E-state index contributed by atoms with van der Waals surface area (Å²) < 4.78 is 32.3. The number of aromatic nitrogens is 2. The van der Waals surface area contributed by atoms with E-state index >= 15 is 0 Å². The highest BCUT2D eigenvalue weighted by Crippen LogP contribution is 2.31. The smallest absolute Gasteiger partial charge is 0.246 e. The number of halogens is 2. The van der Waals surface area contributed by atoms with Crippen LogP contribution < -0.4 is 0 Å². The quantitative estimate of drug-likeness (QED) is 0.795. The molecule has 0 spiro atoms. The number of piperazine rings is 1. The van der Waals surface area contributed by atoms with Crippen molar-refractivity contribution in [2.75, 3.05) is 26.2 Å². The number of sulfonamides is 1. The molecule has 3 rings (SSSR count). The molecular formula is C14H16Cl2N4O3S. The molecule has 0 N–H and O–H groups in total. The van der Waals surface area contributed by atoms with Crippen molar-refractivity contribution in [3.05, 3.63) is 40.0 Å². The normalized spacial score (nSPS) is 17.3. The lowest BCUT2D eigenvalue weighted by atomic mass is 10.3. The van der Waals surface area contributed by atoms with Crippen molar-refractivity contribution in [3.63, 3.8) is 0 Å². The Labute approximate surface area is 150 Å². The van der Waals surface area contributed by atoms with Crippen molar-refractivity contribution in [2.45, 2.75) is 18.4 Å². The SMILES string of the molecule is Cc1nnc(CN2CCN(S(=O)(=O)c3c(Cl)cccc3Cl)CC2)o1. The third kappa shape index (κ3) is 3.57. The van der Waals surface area contributed by atoms with E-state index in [2.05, 4.69) is 15.1 Å². The molecule has 0 radical (unpaired) electrons. The monoisotopic (exact) mass is 390 g/mol. The van der Waals surface area contributed by atoms with Gasteiger partial charge in [-0.15, -0.1) is 10.2 Å². The van der Waals surface area contributed by atoms with Gasteiger partial charge in [0.1, 0.15) is 4.90 Å². The van der Waals surface area contributed by atoms with E-state index in [1.807, 2.05) is 0 Å². The van der Waals surface area contributed by atoms with E-state index in [9.17, 15) is 8.42 Å². The molecular weight excluding hydrogens is 375 g/mol. The lowest BCUT2D eigenvalue weighted by Gasteiger charge is -2.33. The topological polar surface area (TPSA) is 79.5 Å². The molecule has 0 bridgehead atoms. The van der Waals surface area contributed by atoms with Crippen LogP contribution in [0.25, 0.3) is 0 Å². The zero-order valence-electron chi connectivity index (χ0n) is 12.9. The highest BCUT2D eigenvalue weighted by molar-refractivity contribution is 7.89. The first-order chi connectivity index (χ1) is 11.4. The minimum Gasteiger partial charge on any atom is -0.424 e. The average Bonchev–Trinajstić information content (AvgIpc) is 2.92. The molecule has 1 aromatic heterocycles. The summed E-state index contributed by atoms with van der Waals surface area (Å²) in [4.78, 5) is 2.03. The molecule has 1 fully saturated rings. The van der Waals surface area contributed by atoms with Crippen molar-refractivity contribution < 1.29 is 12.8 Å². The predicted octanol–water partition coefficient (Wildman–Crippen LogP) is 2.19. The molecule has 1 aliphatic heterocycles. The lowest BCUT2D eigenvalue weighted by molar-refractivity contribution is 0.167. The largest absolute Gasteiger partial charge is 0.424 e. The van der Waals surface area contributed by atoms with Gasteiger partial charge in [-0.2, -0.15) is 4.31 Å². The number of hydrogen-bond acceptors (Lipinski definition) is 6. The summed E-state index contributed by atoms with van der Waals surface area (Å²) in [7, 11) is -3.72. The van der Waals surface area contributed by atoms with Gasteiger partial charge >= 0.3 is 0 Å². The van der Waals surface area contributed by atoms with Crippen LogP contribution in [-0.4, -0.2) is 54.0 Å². The van der Waals surface area contributed by atoms with E-state index < -0.39 is 10.0 Å². The molecule has 1 aliphatic rings. The molecule has 1 saturated heterocycles. The number of hydrogen-bond donors (Lipinski definition) is 0. The maximum absolute atomic E-state index is 12.8. The first-order valence-electron chi connectivity index (χ1n) is 7.33. The van der Waals surface area contributed by atoms with E-state index in [0.717, 1.165) is 0 Å². The number of aryl methyl sites for hydroxylation is 1. The van der Waals surface area contributed by atoms with Crippen LogP contribution in [0, 0.1) is 6.92 Å². The zero-order chi connectivity index (χ0) is 17.3. The fraction of sp³-hybridized carbons (Fsp3) is 0.429. The molecule has 0 amide bonds. The Morgan fingerprint density at radius 2 is 1.75 bits per heavy atom. The number of rotatable bonds is 4. The summed E-state index contributed by atoms with van der Waals surface area (Å²) in [5, 5.41) is 8.00. The lowest BCUT2D eigenvalue weighted by Crippen LogP contribution is -2.48. The van der Waals surface area contributed by atoms with Gasteiger partial charge in [-0.3, -0.25) is 4.90 Å². The third-order valence-corrected chi connectivity index (χ3v) is 6.63. The molecule has 10 heteroatoms. The first-order valence-corrected chi connectivity index (χ1v) is 9.53. The van der Waals surface area contributed by atoms with Crippen LogP contribution >= 0.6 is 23.2 Å². The number of nitrogens with zero attached hydrogens (tertiary/aromatic N) is 4. The second kappa shape index (κ2) is 6.97. The Bertz CT molecular complexity index is 812. The first kappa shape index (κ1) is 17.6. The van der Waals surface area contributed by atoms with Gasteiger partial charge in [0, 0.05) is 33.1 Å². The van der Waals surface area contributed by atoms with Crippen LogP contribution in [-0.2, 0) is 16.6 Å². The van der Waals surface area contributed by atoms with Gasteiger partial charge in [-0.25, -0.2) is 8.42 Å². The molecule has 2 heterocycles. The van der Waals surface area contributed by atoms with Crippen molar-refractivity contribution in [3.8, 4) is 0 Å². The molecule has 1 aromatic carbocycles. The summed E-state index contributed by atoms with van der Waals surface area (Å²) in [5.41, 5.74) is 0. The summed E-state index contributed by atoms with van der Waals surface area (Å²) >= 11 is 12.1. The van der Waals surface area contributed by atoms with E-state index in [4.69, 9.17) is 27.6 Å².